The number of hydrogen-bond donors (Lipinski definition) is 1. The van der Waals surface area contributed by atoms with Crippen LogP contribution in [0.15, 0.2) is 14.7 Å². The van der Waals surface area contributed by atoms with E-state index in [4.69, 9.17) is 5.84 Å². The lowest BCUT2D eigenvalue weighted by molar-refractivity contribution is 0.242. The first-order chi connectivity index (χ1) is 8.20. The lowest BCUT2D eigenvalue weighted by Gasteiger charge is -2.28. The summed E-state index contributed by atoms with van der Waals surface area (Å²) >= 11 is 1.27. The lowest BCUT2D eigenvalue weighted by atomic mass is 9.88. The molecule has 0 bridgehead atoms. The van der Waals surface area contributed by atoms with E-state index in [-0.39, 0.29) is 16.6 Å². The van der Waals surface area contributed by atoms with Crippen molar-refractivity contribution in [2.75, 3.05) is 11.6 Å². The fourth-order valence-electron chi connectivity index (χ4n) is 1.42. The minimum atomic E-state index is -0.542. The minimum absolute atomic E-state index is 0.225. The van der Waals surface area contributed by atoms with Crippen molar-refractivity contribution in [1.82, 2.24) is 14.2 Å². The van der Waals surface area contributed by atoms with Crippen molar-refractivity contribution in [3.63, 3.8) is 0 Å². The predicted molar refractivity (Wildman–Crippen MR) is 73.5 cm³/mol. The number of hydrogen-bond acceptors (Lipinski definition) is 5. The molecule has 18 heavy (non-hydrogen) atoms. The fraction of sp³-hybridized carbons (Fsp3) is 0.727. The van der Waals surface area contributed by atoms with Crippen LogP contribution in [0.1, 0.15) is 40.7 Å². The van der Waals surface area contributed by atoms with Crippen LogP contribution in [0.4, 0.5) is 0 Å². The highest BCUT2D eigenvalue weighted by molar-refractivity contribution is 7.99. The van der Waals surface area contributed by atoms with Crippen LogP contribution in [0.2, 0.25) is 0 Å². The molecule has 1 atom stereocenters. The second kappa shape index (κ2) is 5.17. The van der Waals surface area contributed by atoms with E-state index in [1.807, 2.05) is 34.6 Å². The maximum atomic E-state index is 12.1. The van der Waals surface area contributed by atoms with Crippen molar-refractivity contribution in [1.29, 1.82) is 0 Å². The molecule has 1 heterocycles. The number of nitrogen functional groups attached to an aromatic ring is 1. The van der Waals surface area contributed by atoms with E-state index in [2.05, 4.69) is 4.98 Å². The number of aromatic nitrogens is 3. The highest BCUT2D eigenvalue weighted by Crippen LogP contribution is 2.27. The molecule has 0 spiro atoms. The Morgan fingerprint density at radius 2 is 1.94 bits per heavy atom. The van der Waals surface area contributed by atoms with Crippen LogP contribution in [-0.4, -0.2) is 20.0 Å². The van der Waals surface area contributed by atoms with Gasteiger partial charge in [0.15, 0.2) is 5.16 Å². The Morgan fingerprint density at radius 3 is 2.39 bits per heavy atom. The molecule has 0 aliphatic rings. The molecule has 1 aromatic heterocycles. The SMILES string of the molecule is CCSc1nc(=O)n([C@H](C)C(C)(C)C)c(=O)n1N. The molecule has 1 aromatic rings. The van der Waals surface area contributed by atoms with Crippen LogP contribution in [-0.2, 0) is 0 Å². The maximum Gasteiger partial charge on any atom is 0.354 e. The van der Waals surface area contributed by atoms with Gasteiger partial charge >= 0.3 is 11.4 Å². The summed E-state index contributed by atoms with van der Waals surface area (Å²) in [5.41, 5.74) is -1.29. The van der Waals surface area contributed by atoms with Gasteiger partial charge in [-0.2, -0.15) is 9.66 Å². The van der Waals surface area contributed by atoms with E-state index in [1.165, 1.54) is 11.8 Å². The van der Waals surface area contributed by atoms with Gasteiger partial charge in [-0.3, -0.25) is 0 Å². The first kappa shape index (κ1) is 14.8. The average molecular weight is 272 g/mol. The molecular weight excluding hydrogens is 252 g/mol. The lowest BCUT2D eigenvalue weighted by Crippen LogP contribution is -2.48. The zero-order valence-corrected chi connectivity index (χ0v) is 12.2. The van der Waals surface area contributed by atoms with Crippen molar-refractivity contribution in [2.45, 2.75) is 45.8 Å². The van der Waals surface area contributed by atoms with E-state index in [0.29, 0.717) is 5.75 Å². The molecule has 0 fully saturated rings. The van der Waals surface area contributed by atoms with Gasteiger partial charge in [-0.1, -0.05) is 39.5 Å². The monoisotopic (exact) mass is 272 g/mol. The second-order valence-electron chi connectivity index (χ2n) is 5.17. The van der Waals surface area contributed by atoms with Gasteiger partial charge in [-0.25, -0.2) is 14.2 Å². The van der Waals surface area contributed by atoms with Crippen LogP contribution in [0.25, 0.3) is 0 Å². The summed E-state index contributed by atoms with van der Waals surface area (Å²) in [7, 11) is 0. The van der Waals surface area contributed by atoms with E-state index < -0.39 is 11.4 Å². The Balaban J connectivity index is 3.46. The van der Waals surface area contributed by atoms with Gasteiger partial charge in [-0.15, -0.1) is 0 Å². The maximum absolute atomic E-state index is 12.1. The van der Waals surface area contributed by atoms with Crippen molar-refractivity contribution < 1.29 is 0 Å². The third-order valence-electron chi connectivity index (χ3n) is 2.93. The number of nitrogens with two attached hydrogens (primary N) is 1. The van der Waals surface area contributed by atoms with E-state index >= 15 is 0 Å². The first-order valence-electron chi connectivity index (χ1n) is 5.83. The molecule has 6 nitrogen and oxygen atoms in total. The standard InChI is InChI=1S/C11H20N4O2S/c1-6-18-9-13-8(16)14(10(17)15(9)12)7(2)11(3,4)5/h7H,6,12H2,1-5H3/t7-/m1/s1. The molecule has 0 radical (unpaired) electrons. The van der Waals surface area contributed by atoms with Crippen LogP contribution >= 0.6 is 11.8 Å². The van der Waals surface area contributed by atoms with Gasteiger partial charge < -0.3 is 5.84 Å². The summed E-state index contributed by atoms with van der Waals surface area (Å²) in [4.78, 5) is 27.9. The average Bonchev–Trinajstić information content (AvgIpc) is 2.24. The molecule has 0 saturated carbocycles. The quantitative estimate of drug-likeness (QED) is 0.651. The Hall–Kier alpha value is -1.24. The normalized spacial score (nSPS) is 13.6. The number of nitrogens with zero attached hydrogens (tertiary/aromatic N) is 3. The van der Waals surface area contributed by atoms with Crippen LogP contribution in [0, 0.1) is 5.41 Å². The molecule has 102 valence electrons. The highest BCUT2D eigenvalue weighted by atomic mass is 32.2. The van der Waals surface area contributed by atoms with E-state index in [0.717, 1.165) is 9.24 Å². The summed E-state index contributed by atoms with van der Waals surface area (Å²) in [6.07, 6.45) is 0. The topological polar surface area (TPSA) is 82.9 Å². The molecular formula is C11H20N4O2S. The van der Waals surface area contributed by atoms with Gasteiger partial charge in [0.05, 0.1) is 0 Å². The zero-order chi connectivity index (χ0) is 14.1. The largest absolute Gasteiger partial charge is 0.354 e. The van der Waals surface area contributed by atoms with Gasteiger partial charge in [0.2, 0.25) is 0 Å². The number of rotatable bonds is 3. The number of thioether (sulfide) groups is 1. The molecule has 0 saturated heterocycles. The highest BCUT2D eigenvalue weighted by Gasteiger charge is 2.26. The molecule has 0 aromatic carbocycles. The Morgan fingerprint density at radius 1 is 1.39 bits per heavy atom. The molecule has 0 aliphatic carbocycles. The molecule has 2 N–H and O–H groups in total. The van der Waals surface area contributed by atoms with Gasteiger partial charge in [0.1, 0.15) is 0 Å². The van der Waals surface area contributed by atoms with E-state index in [9.17, 15) is 9.59 Å². The van der Waals surface area contributed by atoms with Crippen LogP contribution in [0.3, 0.4) is 0 Å². The third kappa shape index (κ3) is 2.77. The summed E-state index contributed by atoms with van der Waals surface area (Å²) in [5.74, 6) is 6.38. The predicted octanol–water partition coefficient (Wildman–Crippen LogP) is 0.838. The van der Waals surface area contributed by atoms with Gasteiger partial charge in [-0.05, 0) is 18.1 Å². The van der Waals surface area contributed by atoms with Crippen LogP contribution < -0.4 is 17.2 Å². The van der Waals surface area contributed by atoms with Crippen molar-refractivity contribution >= 4 is 11.8 Å². The summed E-state index contributed by atoms with van der Waals surface area (Å²) in [5, 5.41) is 0.254. The van der Waals surface area contributed by atoms with Gasteiger partial charge in [0, 0.05) is 6.04 Å². The summed E-state index contributed by atoms with van der Waals surface area (Å²) in [6.45, 7) is 9.59. The second-order valence-corrected chi connectivity index (χ2v) is 6.41. The van der Waals surface area contributed by atoms with Crippen molar-refractivity contribution in [2.24, 2.45) is 5.41 Å². The van der Waals surface area contributed by atoms with Gasteiger partial charge in [0.25, 0.3) is 0 Å². The zero-order valence-electron chi connectivity index (χ0n) is 11.4. The smallest absolute Gasteiger partial charge is 0.333 e. The molecule has 7 heteroatoms. The molecule has 0 aliphatic heterocycles. The van der Waals surface area contributed by atoms with E-state index in [1.54, 1.807) is 0 Å². The fourth-order valence-corrected chi connectivity index (χ4v) is 2.04. The summed E-state index contributed by atoms with van der Waals surface area (Å²) in [6, 6.07) is -0.277. The van der Waals surface area contributed by atoms with Crippen LogP contribution in [0.5, 0.6) is 0 Å². The first-order valence-corrected chi connectivity index (χ1v) is 6.82. The van der Waals surface area contributed by atoms with Crippen molar-refractivity contribution in [3.8, 4) is 0 Å². The third-order valence-corrected chi connectivity index (χ3v) is 3.76. The molecule has 0 amide bonds. The molecule has 0 unspecified atom stereocenters. The Labute approximate surface area is 110 Å². The minimum Gasteiger partial charge on any atom is -0.333 e. The van der Waals surface area contributed by atoms with Crippen molar-refractivity contribution in [3.05, 3.63) is 21.0 Å². The Kier molecular flexibility index (Phi) is 4.26. The molecule has 1 rings (SSSR count). The Bertz CT molecular complexity index is 541. The summed E-state index contributed by atoms with van der Waals surface area (Å²) < 4.78 is 2.05.